The maximum Gasteiger partial charge on any atom is 0.216 e. The molecule has 0 aliphatic rings. The summed E-state index contributed by atoms with van der Waals surface area (Å²) >= 11 is 0. The third-order valence-electron chi connectivity index (χ3n) is 3.00. The van der Waals surface area contributed by atoms with Gasteiger partial charge in [0, 0.05) is 13.1 Å². The molecule has 0 saturated heterocycles. The van der Waals surface area contributed by atoms with Crippen LogP contribution >= 0.6 is 0 Å². The molecule has 0 aliphatic carbocycles. The monoisotopic (exact) mass is 314 g/mol. The SMILES string of the molecule is CC(C)OCCS(=O)(=O)N(CCCN)Cc1ccccc1. The van der Waals surface area contributed by atoms with E-state index in [0.29, 0.717) is 26.1 Å². The predicted octanol–water partition coefficient (Wildman–Crippen LogP) is 1.59. The summed E-state index contributed by atoms with van der Waals surface area (Å²) in [5.41, 5.74) is 6.48. The Hall–Kier alpha value is -0.950. The Morgan fingerprint density at radius 3 is 2.48 bits per heavy atom. The summed E-state index contributed by atoms with van der Waals surface area (Å²) in [5.74, 6) is 0.00256. The highest BCUT2D eigenvalue weighted by molar-refractivity contribution is 7.89. The van der Waals surface area contributed by atoms with E-state index in [4.69, 9.17) is 10.5 Å². The van der Waals surface area contributed by atoms with Crippen molar-refractivity contribution in [3.05, 3.63) is 35.9 Å². The van der Waals surface area contributed by atoms with Crippen molar-refractivity contribution in [1.29, 1.82) is 0 Å². The maximum absolute atomic E-state index is 12.4. The van der Waals surface area contributed by atoms with Crippen molar-refractivity contribution in [2.45, 2.75) is 32.9 Å². The molecule has 21 heavy (non-hydrogen) atoms. The Morgan fingerprint density at radius 2 is 1.90 bits per heavy atom. The molecule has 0 spiro atoms. The van der Waals surface area contributed by atoms with Crippen molar-refractivity contribution in [2.75, 3.05) is 25.4 Å². The quantitative estimate of drug-likeness (QED) is 0.712. The average molecular weight is 314 g/mol. The van der Waals surface area contributed by atoms with E-state index in [9.17, 15) is 8.42 Å². The van der Waals surface area contributed by atoms with Gasteiger partial charge in [-0.2, -0.15) is 4.31 Å². The van der Waals surface area contributed by atoms with Gasteiger partial charge in [-0.1, -0.05) is 30.3 Å². The number of nitrogens with two attached hydrogens (primary N) is 1. The fourth-order valence-electron chi connectivity index (χ4n) is 1.89. The van der Waals surface area contributed by atoms with Gasteiger partial charge in [-0.25, -0.2) is 8.42 Å². The largest absolute Gasteiger partial charge is 0.378 e. The van der Waals surface area contributed by atoms with Crippen molar-refractivity contribution in [3.8, 4) is 0 Å². The van der Waals surface area contributed by atoms with Crippen LogP contribution in [0.4, 0.5) is 0 Å². The highest BCUT2D eigenvalue weighted by atomic mass is 32.2. The standard InChI is InChI=1S/C15H26N2O3S/c1-14(2)20-11-12-21(18,19)17(10-6-9-16)13-15-7-4-3-5-8-15/h3-5,7-8,14H,6,9-13,16H2,1-2H3. The predicted molar refractivity (Wildman–Crippen MR) is 85.4 cm³/mol. The normalized spacial score (nSPS) is 12.2. The van der Waals surface area contributed by atoms with E-state index in [-0.39, 0.29) is 18.5 Å². The van der Waals surface area contributed by atoms with Gasteiger partial charge in [0.25, 0.3) is 0 Å². The molecule has 0 aromatic heterocycles. The number of hydrogen-bond donors (Lipinski definition) is 1. The number of nitrogens with zero attached hydrogens (tertiary/aromatic N) is 1. The van der Waals surface area contributed by atoms with E-state index >= 15 is 0 Å². The molecule has 0 radical (unpaired) electrons. The van der Waals surface area contributed by atoms with Gasteiger partial charge in [0.05, 0.1) is 18.5 Å². The van der Waals surface area contributed by atoms with Crippen LogP contribution in [0.5, 0.6) is 0 Å². The van der Waals surface area contributed by atoms with Crippen LogP contribution in [0, 0.1) is 0 Å². The first-order valence-electron chi connectivity index (χ1n) is 7.29. The van der Waals surface area contributed by atoms with Crippen molar-refractivity contribution in [2.24, 2.45) is 5.73 Å². The minimum absolute atomic E-state index is 0.00256. The molecule has 5 nitrogen and oxygen atoms in total. The lowest BCUT2D eigenvalue weighted by molar-refractivity contribution is 0.0906. The molecule has 0 bridgehead atoms. The molecule has 6 heteroatoms. The van der Waals surface area contributed by atoms with Gasteiger partial charge in [-0.3, -0.25) is 0 Å². The molecule has 0 unspecified atom stereocenters. The van der Waals surface area contributed by atoms with Crippen LogP contribution in [0.2, 0.25) is 0 Å². The van der Waals surface area contributed by atoms with Crippen LogP contribution in [-0.2, 0) is 21.3 Å². The second-order valence-electron chi connectivity index (χ2n) is 5.20. The second-order valence-corrected chi connectivity index (χ2v) is 7.29. The van der Waals surface area contributed by atoms with Crippen LogP contribution in [-0.4, -0.2) is 44.3 Å². The first kappa shape index (κ1) is 18.1. The van der Waals surface area contributed by atoms with Crippen LogP contribution in [0.3, 0.4) is 0 Å². The fourth-order valence-corrected chi connectivity index (χ4v) is 3.21. The minimum Gasteiger partial charge on any atom is -0.378 e. The summed E-state index contributed by atoms with van der Waals surface area (Å²) in [6, 6.07) is 9.58. The van der Waals surface area contributed by atoms with Crippen molar-refractivity contribution >= 4 is 10.0 Å². The molecular weight excluding hydrogens is 288 g/mol. The Morgan fingerprint density at radius 1 is 1.24 bits per heavy atom. The number of ether oxygens (including phenoxy) is 1. The molecule has 0 fully saturated rings. The molecule has 0 atom stereocenters. The summed E-state index contributed by atoms with van der Waals surface area (Å²) in [5, 5.41) is 0. The molecule has 0 aliphatic heterocycles. The van der Waals surface area contributed by atoms with Crippen molar-refractivity contribution in [3.63, 3.8) is 0 Å². The van der Waals surface area contributed by atoms with Crippen LogP contribution in [0.15, 0.2) is 30.3 Å². The van der Waals surface area contributed by atoms with E-state index in [1.54, 1.807) is 0 Å². The van der Waals surface area contributed by atoms with Crippen LogP contribution in [0.25, 0.3) is 0 Å². The number of sulfonamides is 1. The summed E-state index contributed by atoms with van der Waals surface area (Å²) < 4.78 is 31.7. The van der Waals surface area contributed by atoms with E-state index in [1.807, 2.05) is 44.2 Å². The highest BCUT2D eigenvalue weighted by Gasteiger charge is 2.21. The van der Waals surface area contributed by atoms with E-state index in [0.717, 1.165) is 5.56 Å². The molecule has 1 aromatic rings. The number of hydrogen-bond acceptors (Lipinski definition) is 4. The first-order chi connectivity index (χ1) is 9.95. The fraction of sp³-hybridized carbons (Fsp3) is 0.600. The van der Waals surface area contributed by atoms with Gasteiger partial charge >= 0.3 is 0 Å². The zero-order valence-electron chi connectivity index (χ0n) is 12.9. The first-order valence-corrected chi connectivity index (χ1v) is 8.90. The molecule has 1 aromatic carbocycles. The summed E-state index contributed by atoms with van der Waals surface area (Å²) in [6.45, 7) is 5.29. The third-order valence-corrected chi connectivity index (χ3v) is 4.78. The molecule has 0 saturated carbocycles. The van der Waals surface area contributed by atoms with Crippen molar-refractivity contribution in [1.82, 2.24) is 4.31 Å². The smallest absolute Gasteiger partial charge is 0.216 e. The minimum atomic E-state index is -3.34. The lowest BCUT2D eigenvalue weighted by Crippen LogP contribution is -2.35. The van der Waals surface area contributed by atoms with E-state index in [1.165, 1.54) is 4.31 Å². The molecule has 120 valence electrons. The van der Waals surface area contributed by atoms with Crippen LogP contribution < -0.4 is 5.73 Å². The van der Waals surface area contributed by atoms with Gasteiger partial charge in [-0.05, 0) is 32.4 Å². The lowest BCUT2D eigenvalue weighted by atomic mass is 10.2. The van der Waals surface area contributed by atoms with Gasteiger partial charge in [0.2, 0.25) is 10.0 Å². The van der Waals surface area contributed by atoms with Gasteiger partial charge < -0.3 is 10.5 Å². The average Bonchev–Trinajstić information content (AvgIpc) is 2.43. The third kappa shape index (κ3) is 7.04. The maximum atomic E-state index is 12.4. The van der Waals surface area contributed by atoms with Crippen LogP contribution in [0.1, 0.15) is 25.8 Å². The Bertz CT molecular complexity index is 489. The molecule has 2 N–H and O–H groups in total. The summed E-state index contributed by atoms with van der Waals surface area (Å²) in [6.07, 6.45) is 0.684. The van der Waals surface area contributed by atoms with E-state index < -0.39 is 10.0 Å². The summed E-state index contributed by atoms with van der Waals surface area (Å²) in [7, 11) is -3.34. The molecule has 0 amide bonds. The lowest BCUT2D eigenvalue weighted by Gasteiger charge is -2.22. The second kappa shape index (κ2) is 9.15. The van der Waals surface area contributed by atoms with Crippen molar-refractivity contribution < 1.29 is 13.2 Å². The Kier molecular flexibility index (Phi) is 7.88. The zero-order valence-corrected chi connectivity index (χ0v) is 13.7. The highest BCUT2D eigenvalue weighted by Crippen LogP contribution is 2.11. The van der Waals surface area contributed by atoms with Gasteiger partial charge in [-0.15, -0.1) is 0 Å². The molecule has 0 heterocycles. The number of rotatable bonds is 10. The molecular formula is C15H26N2O3S. The van der Waals surface area contributed by atoms with E-state index in [2.05, 4.69) is 0 Å². The molecule has 1 rings (SSSR count). The zero-order chi connectivity index (χ0) is 15.7. The summed E-state index contributed by atoms with van der Waals surface area (Å²) in [4.78, 5) is 0. The Labute approximate surface area is 128 Å². The topological polar surface area (TPSA) is 72.6 Å². The Balaban J connectivity index is 2.70. The number of benzene rings is 1. The van der Waals surface area contributed by atoms with Gasteiger partial charge in [0.15, 0.2) is 0 Å². The van der Waals surface area contributed by atoms with Gasteiger partial charge in [0.1, 0.15) is 0 Å².